The first kappa shape index (κ1) is 11.5. The first-order chi connectivity index (χ1) is 7.93. The molecule has 2 fully saturated rings. The second-order valence-electron chi connectivity index (χ2n) is 6.40. The predicted molar refractivity (Wildman–Crippen MR) is 69.9 cm³/mol. The van der Waals surface area contributed by atoms with E-state index in [0.29, 0.717) is 5.41 Å². The zero-order valence-electron chi connectivity index (χ0n) is 11.1. The lowest BCUT2D eigenvalue weighted by atomic mass is 9.64. The van der Waals surface area contributed by atoms with Gasteiger partial charge in [-0.2, -0.15) is 0 Å². The van der Waals surface area contributed by atoms with Crippen LogP contribution in [0.4, 0.5) is 0 Å². The second-order valence-corrected chi connectivity index (χ2v) is 7.22. The fourth-order valence-corrected chi connectivity index (χ4v) is 4.62. The van der Waals surface area contributed by atoms with E-state index in [1.54, 1.807) is 11.3 Å². The maximum Gasteiger partial charge on any atom is 0.274 e. The number of nitrogens with zero attached hydrogens (tertiary/aromatic N) is 1. The molecule has 1 aromatic heterocycles. The molecule has 94 valence electrons. The quantitative estimate of drug-likeness (QED) is 0.746. The van der Waals surface area contributed by atoms with Gasteiger partial charge in [0.15, 0.2) is 0 Å². The normalized spacial score (nSPS) is 40.1. The molecule has 0 N–H and O–H groups in total. The highest BCUT2D eigenvalue weighted by Gasteiger charge is 2.60. The lowest BCUT2D eigenvalue weighted by Gasteiger charge is -2.44. The highest BCUT2D eigenvalue weighted by Crippen LogP contribution is 2.62. The van der Waals surface area contributed by atoms with Crippen molar-refractivity contribution >= 4 is 11.3 Å². The maximum atomic E-state index is 5.66. The van der Waals surface area contributed by atoms with Crippen LogP contribution in [0.3, 0.4) is 0 Å². The molecule has 0 saturated heterocycles. The van der Waals surface area contributed by atoms with Crippen LogP contribution in [-0.4, -0.2) is 5.54 Å². The molecular weight excluding hydrogens is 230 g/mol. The minimum atomic E-state index is 0.0662. The van der Waals surface area contributed by atoms with Crippen LogP contribution in [0.1, 0.15) is 45.8 Å². The molecule has 3 heteroatoms. The SMILES string of the molecule is Cc1csc(=N[C@@]2(C)[C@H]3CC[C@H](C3)C2(C)C)o1. The zero-order chi connectivity index (χ0) is 12.3. The first-order valence-electron chi connectivity index (χ1n) is 6.54. The van der Waals surface area contributed by atoms with Crippen molar-refractivity contribution in [2.24, 2.45) is 22.2 Å². The Bertz CT molecular complexity index is 498. The Morgan fingerprint density at radius 2 is 2.00 bits per heavy atom. The summed E-state index contributed by atoms with van der Waals surface area (Å²) in [6, 6.07) is 0. The fourth-order valence-electron chi connectivity index (χ4n) is 3.88. The van der Waals surface area contributed by atoms with Crippen LogP contribution in [0.15, 0.2) is 14.8 Å². The minimum absolute atomic E-state index is 0.0662. The molecule has 2 aliphatic carbocycles. The van der Waals surface area contributed by atoms with Gasteiger partial charge in [-0.3, -0.25) is 0 Å². The van der Waals surface area contributed by atoms with Crippen LogP contribution in [0.2, 0.25) is 0 Å². The summed E-state index contributed by atoms with van der Waals surface area (Å²) in [5.41, 5.74) is 0.375. The molecule has 2 saturated carbocycles. The summed E-state index contributed by atoms with van der Waals surface area (Å²) in [4.78, 5) is 5.85. The van der Waals surface area contributed by atoms with E-state index < -0.39 is 0 Å². The summed E-state index contributed by atoms with van der Waals surface area (Å²) >= 11 is 1.63. The highest BCUT2D eigenvalue weighted by atomic mass is 32.1. The zero-order valence-corrected chi connectivity index (χ0v) is 11.9. The van der Waals surface area contributed by atoms with Crippen molar-refractivity contribution < 1.29 is 4.42 Å². The Morgan fingerprint density at radius 3 is 2.53 bits per heavy atom. The third kappa shape index (κ3) is 1.48. The van der Waals surface area contributed by atoms with E-state index in [4.69, 9.17) is 9.41 Å². The molecule has 0 unspecified atom stereocenters. The van der Waals surface area contributed by atoms with Crippen LogP contribution in [0.25, 0.3) is 0 Å². The lowest BCUT2D eigenvalue weighted by Crippen LogP contribution is -2.46. The standard InChI is InChI=1S/C14H21NOS/c1-9-8-17-12(16-9)15-14(4)11-6-5-10(7-11)13(14,2)3/h8,10-11H,5-7H2,1-4H3/t10-,11+,14+/m1/s1. The van der Waals surface area contributed by atoms with Crippen molar-refractivity contribution in [3.63, 3.8) is 0 Å². The number of hydrogen-bond acceptors (Lipinski definition) is 3. The third-order valence-corrected chi connectivity index (χ3v) is 6.28. The summed E-state index contributed by atoms with van der Waals surface area (Å²) in [5, 5.41) is 2.04. The highest BCUT2D eigenvalue weighted by molar-refractivity contribution is 7.06. The molecule has 2 nitrogen and oxygen atoms in total. The van der Waals surface area contributed by atoms with Crippen molar-refractivity contribution in [2.75, 3.05) is 0 Å². The third-order valence-electron chi connectivity index (χ3n) is 5.45. The number of rotatable bonds is 1. The summed E-state index contributed by atoms with van der Waals surface area (Å²) in [5.74, 6) is 2.57. The molecule has 3 rings (SSSR count). The van der Waals surface area contributed by atoms with Crippen molar-refractivity contribution in [1.29, 1.82) is 0 Å². The first-order valence-corrected chi connectivity index (χ1v) is 7.42. The van der Waals surface area contributed by atoms with E-state index in [-0.39, 0.29) is 5.54 Å². The molecule has 0 spiro atoms. The van der Waals surface area contributed by atoms with Gasteiger partial charge in [0, 0.05) is 5.38 Å². The Morgan fingerprint density at radius 1 is 1.29 bits per heavy atom. The predicted octanol–water partition coefficient (Wildman–Crippen LogP) is 3.77. The molecule has 0 aromatic carbocycles. The molecule has 0 radical (unpaired) electrons. The topological polar surface area (TPSA) is 25.5 Å². The van der Waals surface area contributed by atoms with Gasteiger partial charge in [0.2, 0.25) is 0 Å². The van der Waals surface area contributed by atoms with Crippen molar-refractivity contribution in [3.05, 3.63) is 16.0 Å². The summed E-state index contributed by atoms with van der Waals surface area (Å²) < 4.78 is 5.66. The molecule has 2 aliphatic rings. The molecule has 3 atom stereocenters. The number of fused-ring (bicyclic) bond motifs is 2. The largest absolute Gasteiger partial charge is 0.435 e. The Balaban J connectivity index is 2.07. The molecular formula is C14H21NOS. The number of aryl methyl sites for hydroxylation is 1. The second kappa shape index (κ2) is 3.47. The van der Waals surface area contributed by atoms with Gasteiger partial charge in [-0.25, -0.2) is 4.99 Å². The summed E-state index contributed by atoms with van der Waals surface area (Å²) in [6.07, 6.45) is 4.10. The van der Waals surface area contributed by atoms with Gasteiger partial charge in [-0.05, 0) is 50.4 Å². The molecule has 1 heterocycles. The van der Waals surface area contributed by atoms with Gasteiger partial charge in [0.05, 0.1) is 5.54 Å². The van der Waals surface area contributed by atoms with Gasteiger partial charge in [-0.1, -0.05) is 25.2 Å². The summed E-state index contributed by atoms with van der Waals surface area (Å²) in [6.45, 7) is 9.10. The van der Waals surface area contributed by atoms with Gasteiger partial charge in [-0.15, -0.1) is 0 Å². The average Bonchev–Trinajstić information content (AvgIpc) is 2.88. The van der Waals surface area contributed by atoms with Crippen molar-refractivity contribution in [1.82, 2.24) is 0 Å². The Labute approximate surface area is 107 Å². The molecule has 1 aromatic rings. The maximum absolute atomic E-state index is 5.66. The van der Waals surface area contributed by atoms with Gasteiger partial charge < -0.3 is 4.42 Å². The Kier molecular flexibility index (Phi) is 2.35. The molecule has 17 heavy (non-hydrogen) atoms. The van der Waals surface area contributed by atoms with E-state index in [2.05, 4.69) is 20.8 Å². The van der Waals surface area contributed by atoms with E-state index in [1.807, 2.05) is 12.3 Å². The van der Waals surface area contributed by atoms with Gasteiger partial charge in [0.25, 0.3) is 4.87 Å². The van der Waals surface area contributed by atoms with E-state index in [9.17, 15) is 0 Å². The van der Waals surface area contributed by atoms with Crippen molar-refractivity contribution in [3.8, 4) is 0 Å². The van der Waals surface area contributed by atoms with E-state index in [0.717, 1.165) is 22.5 Å². The van der Waals surface area contributed by atoms with E-state index in [1.165, 1.54) is 19.3 Å². The summed E-state index contributed by atoms with van der Waals surface area (Å²) in [7, 11) is 0. The van der Waals surface area contributed by atoms with Gasteiger partial charge >= 0.3 is 0 Å². The monoisotopic (exact) mass is 251 g/mol. The minimum Gasteiger partial charge on any atom is -0.435 e. The fraction of sp³-hybridized carbons (Fsp3) is 0.786. The molecule has 2 bridgehead atoms. The van der Waals surface area contributed by atoms with Crippen LogP contribution >= 0.6 is 11.3 Å². The molecule has 0 amide bonds. The number of hydrogen-bond donors (Lipinski definition) is 0. The van der Waals surface area contributed by atoms with Gasteiger partial charge in [0.1, 0.15) is 5.76 Å². The van der Waals surface area contributed by atoms with Crippen LogP contribution < -0.4 is 4.87 Å². The van der Waals surface area contributed by atoms with Crippen LogP contribution in [0.5, 0.6) is 0 Å². The smallest absolute Gasteiger partial charge is 0.274 e. The van der Waals surface area contributed by atoms with Crippen LogP contribution in [-0.2, 0) is 0 Å². The van der Waals surface area contributed by atoms with Crippen LogP contribution in [0, 0.1) is 24.2 Å². The molecule has 0 aliphatic heterocycles. The van der Waals surface area contributed by atoms with E-state index >= 15 is 0 Å². The lowest BCUT2D eigenvalue weighted by molar-refractivity contribution is 0.0979. The average molecular weight is 251 g/mol. The van der Waals surface area contributed by atoms with Crippen molar-refractivity contribution in [2.45, 2.75) is 52.5 Å². The Hall–Kier alpha value is -0.570.